The maximum absolute atomic E-state index is 12.8. The predicted molar refractivity (Wildman–Crippen MR) is 90.4 cm³/mol. The van der Waals surface area contributed by atoms with E-state index in [2.05, 4.69) is 4.98 Å². The van der Waals surface area contributed by atoms with E-state index in [4.69, 9.17) is 9.47 Å². The smallest absolute Gasteiger partial charge is 0.330 e. The number of piperazine rings is 1. The summed E-state index contributed by atoms with van der Waals surface area (Å²) < 4.78 is 10.1. The molecule has 2 aliphatic rings. The molecule has 0 radical (unpaired) electrons. The van der Waals surface area contributed by atoms with E-state index in [1.54, 1.807) is 28.1 Å². The summed E-state index contributed by atoms with van der Waals surface area (Å²) in [5.41, 5.74) is 0.398. The highest BCUT2D eigenvalue weighted by Crippen LogP contribution is 2.17. The number of amides is 3. The predicted octanol–water partition coefficient (Wildman–Crippen LogP) is -0.167. The average molecular weight is 362 g/mol. The third-order valence-corrected chi connectivity index (χ3v) is 4.58. The maximum Gasteiger partial charge on any atom is 0.330 e. The minimum absolute atomic E-state index is 0.106. The molecule has 1 atom stereocenters. The van der Waals surface area contributed by atoms with Crippen LogP contribution in [-0.4, -0.2) is 96.7 Å². The van der Waals surface area contributed by atoms with E-state index in [-0.39, 0.29) is 25.0 Å². The number of morpholine rings is 1. The molecule has 0 aliphatic carbocycles. The fourth-order valence-electron chi connectivity index (χ4n) is 3.15. The highest BCUT2D eigenvalue weighted by molar-refractivity contribution is 5.97. The van der Waals surface area contributed by atoms with Crippen LogP contribution in [0.15, 0.2) is 24.5 Å². The Morgan fingerprint density at radius 3 is 2.58 bits per heavy atom. The number of pyridine rings is 1. The molecule has 9 heteroatoms. The molecular formula is C17H22N4O5. The molecule has 0 bridgehead atoms. The molecule has 0 unspecified atom stereocenters. The molecule has 140 valence electrons. The monoisotopic (exact) mass is 362 g/mol. The molecule has 2 fully saturated rings. The fourth-order valence-corrected chi connectivity index (χ4v) is 3.15. The van der Waals surface area contributed by atoms with E-state index in [0.29, 0.717) is 38.4 Å². The maximum atomic E-state index is 12.8. The second kappa shape index (κ2) is 8.13. The van der Waals surface area contributed by atoms with Gasteiger partial charge in [0, 0.05) is 38.6 Å². The first-order chi connectivity index (χ1) is 12.6. The Morgan fingerprint density at radius 2 is 1.92 bits per heavy atom. The summed E-state index contributed by atoms with van der Waals surface area (Å²) in [4.78, 5) is 46.4. The first-order valence-electron chi connectivity index (χ1n) is 8.52. The van der Waals surface area contributed by atoms with E-state index in [1.165, 1.54) is 18.2 Å². The van der Waals surface area contributed by atoms with Crippen LogP contribution in [0.1, 0.15) is 10.4 Å². The highest BCUT2D eigenvalue weighted by atomic mass is 16.5. The van der Waals surface area contributed by atoms with Crippen molar-refractivity contribution in [3.05, 3.63) is 30.1 Å². The molecule has 3 rings (SSSR count). The average Bonchev–Trinajstić information content (AvgIpc) is 2.73. The summed E-state index contributed by atoms with van der Waals surface area (Å²) >= 11 is 0. The van der Waals surface area contributed by atoms with Gasteiger partial charge in [-0.2, -0.15) is 0 Å². The SMILES string of the molecule is COC(=O)[C@H]1CN(C(=O)N2CCOCC2)CCN1C(=O)c1cccnc1. The summed E-state index contributed by atoms with van der Waals surface area (Å²) in [6, 6.07) is 2.33. The van der Waals surface area contributed by atoms with Gasteiger partial charge < -0.3 is 24.2 Å². The zero-order chi connectivity index (χ0) is 18.5. The van der Waals surface area contributed by atoms with Crippen molar-refractivity contribution in [2.75, 3.05) is 53.0 Å². The van der Waals surface area contributed by atoms with Gasteiger partial charge in [-0.3, -0.25) is 9.78 Å². The number of rotatable bonds is 2. The number of hydrogen-bond acceptors (Lipinski definition) is 6. The molecule has 0 aromatic carbocycles. The second-order valence-electron chi connectivity index (χ2n) is 6.11. The van der Waals surface area contributed by atoms with Crippen molar-refractivity contribution in [2.45, 2.75) is 6.04 Å². The summed E-state index contributed by atoms with van der Waals surface area (Å²) in [5, 5.41) is 0. The minimum Gasteiger partial charge on any atom is -0.467 e. The van der Waals surface area contributed by atoms with E-state index < -0.39 is 12.0 Å². The molecule has 1 aromatic rings. The number of ether oxygens (including phenoxy) is 2. The Morgan fingerprint density at radius 1 is 1.15 bits per heavy atom. The Bertz CT molecular complexity index is 662. The van der Waals surface area contributed by atoms with Crippen LogP contribution in [0.4, 0.5) is 4.79 Å². The summed E-state index contributed by atoms with van der Waals surface area (Å²) in [6.45, 7) is 2.78. The van der Waals surface area contributed by atoms with Gasteiger partial charge in [0.25, 0.3) is 5.91 Å². The molecule has 2 aliphatic heterocycles. The molecule has 2 saturated heterocycles. The zero-order valence-electron chi connectivity index (χ0n) is 14.7. The van der Waals surface area contributed by atoms with Gasteiger partial charge in [0.05, 0.1) is 32.4 Å². The number of carbonyl (C=O) groups excluding carboxylic acids is 3. The van der Waals surface area contributed by atoms with Crippen molar-refractivity contribution in [3.8, 4) is 0 Å². The number of hydrogen-bond donors (Lipinski definition) is 0. The van der Waals surface area contributed by atoms with Gasteiger partial charge in [0.1, 0.15) is 6.04 Å². The van der Waals surface area contributed by atoms with Gasteiger partial charge in [0.2, 0.25) is 0 Å². The van der Waals surface area contributed by atoms with Gasteiger partial charge in [0.15, 0.2) is 0 Å². The van der Waals surface area contributed by atoms with Crippen molar-refractivity contribution < 1.29 is 23.9 Å². The van der Waals surface area contributed by atoms with Gasteiger partial charge in [-0.1, -0.05) is 0 Å². The van der Waals surface area contributed by atoms with Crippen molar-refractivity contribution in [1.29, 1.82) is 0 Å². The van der Waals surface area contributed by atoms with Gasteiger partial charge in [-0.25, -0.2) is 9.59 Å². The lowest BCUT2D eigenvalue weighted by molar-refractivity contribution is -0.147. The number of methoxy groups -OCH3 is 1. The lowest BCUT2D eigenvalue weighted by Crippen LogP contribution is -2.62. The number of nitrogens with zero attached hydrogens (tertiary/aromatic N) is 4. The third kappa shape index (κ3) is 3.77. The van der Waals surface area contributed by atoms with Crippen LogP contribution in [0, 0.1) is 0 Å². The van der Waals surface area contributed by atoms with Crippen LogP contribution >= 0.6 is 0 Å². The molecule has 9 nitrogen and oxygen atoms in total. The van der Waals surface area contributed by atoms with Crippen molar-refractivity contribution >= 4 is 17.9 Å². The van der Waals surface area contributed by atoms with Crippen LogP contribution in [0.2, 0.25) is 0 Å². The minimum atomic E-state index is -0.841. The summed E-state index contributed by atoms with van der Waals surface area (Å²) in [7, 11) is 1.28. The molecule has 1 aromatic heterocycles. The summed E-state index contributed by atoms with van der Waals surface area (Å²) in [5.74, 6) is -0.839. The molecule has 26 heavy (non-hydrogen) atoms. The van der Waals surface area contributed by atoms with E-state index >= 15 is 0 Å². The quantitative estimate of drug-likeness (QED) is 0.679. The Hall–Kier alpha value is -2.68. The molecule has 0 saturated carbocycles. The molecule has 0 N–H and O–H groups in total. The molecule has 3 amide bonds. The first kappa shape index (κ1) is 18.1. The van der Waals surface area contributed by atoms with E-state index in [0.717, 1.165) is 0 Å². The molecule has 3 heterocycles. The van der Waals surface area contributed by atoms with Crippen LogP contribution in [0.25, 0.3) is 0 Å². The van der Waals surface area contributed by atoms with Crippen LogP contribution in [0.5, 0.6) is 0 Å². The third-order valence-electron chi connectivity index (χ3n) is 4.58. The number of urea groups is 1. The second-order valence-corrected chi connectivity index (χ2v) is 6.11. The van der Waals surface area contributed by atoms with Crippen molar-refractivity contribution in [3.63, 3.8) is 0 Å². The number of aromatic nitrogens is 1. The van der Waals surface area contributed by atoms with Gasteiger partial charge in [-0.05, 0) is 12.1 Å². The lowest BCUT2D eigenvalue weighted by Gasteiger charge is -2.42. The topological polar surface area (TPSA) is 92.3 Å². The zero-order valence-corrected chi connectivity index (χ0v) is 14.7. The normalized spacial score (nSPS) is 20.7. The van der Waals surface area contributed by atoms with Crippen molar-refractivity contribution in [2.24, 2.45) is 0 Å². The Labute approximate surface area is 151 Å². The molecular weight excluding hydrogens is 340 g/mol. The Kier molecular flexibility index (Phi) is 5.67. The summed E-state index contributed by atoms with van der Waals surface area (Å²) in [6.07, 6.45) is 3.04. The Balaban J connectivity index is 1.74. The molecule has 0 spiro atoms. The number of esters is 1. The van der Waals surface area contributed by atoms with E-state index in [1.807, 2.05) is 0 Å². The standard InChI is InChI=1S/C17H22N4O5/c1-25-16(23)14-12-20(17(24)19-7-9-26-10-8-19)5-6-21(14)15(22)13-3-2-4-18-11-13/h2-4,11,14H,5-10,12H2,1H3/t14-/m1/s1. The first-order valence-corrected chi connectivity index (χ1v) is 8.52. The number of carbonyl (C=O) groups is 3. The van der Waals surface area contributed by atoms with E-state index in [9.17, 15) is 14.4 Å². The van der Waals surface area contributed by atoms with Crippen LogP contribution in [0.3, 0.4) is 0 Å². The lowest BCUT2D eigenvalue weighted by atomic mass is 10.1. The highest BCUT2D eigenvalue weighted by Gasteiger charge is 2.39. The van der Waals surface area contributed by atoms with Gasteiger partial charge in [-0.15, -0.1) is 0 Å². The largest absolute Gasteiger partial charge is 0.467 e. The fraction of sp³-hybridized carbons (Fsp3) is 0.529. The van der Waals surface area contributed by atoms with Crippen LogP contribution in [-0.2, 0) is 14.3 Å². The van der Waals surface area contributed by atoms with Crippen molar-refractivity contribution in [1.82, 2.24) is 19.7 Å². The van der Waals surface area contributed by atoms with Gasteiger partial charge >= 0.3 is 12.0 Å². The van der Waals surface area contributed by atoms with Crippen LogP contribution < -0.4 is 0 Å².